The lowest BCUT2D eigenvalue weighted by Gasteiger charge is -2.32. The van der Waals surface area contributed by atoms with Crippen molar-refractivity contribution in [1.29, 1.82) is 0 Å². The minimum atomic E-state index is -4.36. The average molecular weight is 356 g/mol. The summed E-state index contributed by atoms with van der Waals surface area (Å²) in [5.41, 5.74) is -0.154. The summed E-state index contributed by atoms with van der Waals surface area (Å²) < 4.78 is 43.3. The van der Waals surface area contributed by atoms with Crippen molar-refractivity contribution < 1.29 is 22.7 Å². The summed E-state index contributed by atoms with van der Waals surface area (Å²) in [5.74, 6) is -0.0741. The molecule has 7 heteroatoms. The fourth-order valence-electron chi connectivity index (χ4n) is 3.63. The standard InChI is InChI=1S/C18H23F3N2O2/c1-25-16-7-9-22(10-8-16)12-13-6-11-23(17(13)24)15-4-2-14(3-5-15)18(19,20)21/h2-5,13,16H,6-12H2,1H3/t13-/m1/s1. The molecule has 0 radical (unpaired) electrons. The molecule has 0 unspecified atom stereocenters. The molecule has 1 aromatic rings. The third-order valence-electron chi connectivity index (χ3n) is 5.17. The summed E-state index contributed by atoms with van der Waals surface area (Å²) in [6, 6.07) is 4.83. The van der Waals surface area contributed by atoms with Gasteiger partial charge in [-0.3, -0.25) is 4.79 Å². The van der Waals surface area contributed by atoms with E-state index in [-0.39, 0.29) is 11.8 Å². The molecule has 2 heterocycles. The molecular weight excluding hydrogens is 333 g/mol. The minimum absolute atomic E-state index is 0.00798. The third kappa shape index (κ3) is 4.15. The van der Waals surface area contributed by atoms with Crippen LogP contribution in [0.2, 0.25) is 0 Å². The van der Waals surface area contributed by atoms with Crippen LogP contribution in [0.5, 0.6) is 0 Å². The fourth-order valence-corrected chi connectivity index (χ4v) is 3.63. The van der Waals surface area contributed by atoms with Crippen LogP contribution in [0.1, 0.15) is 24.8 Å². The Hall–Kier alpha value is -1.60. The van der Waals surface area contributed by atoms with Crippen molar-refractivity contribution in [2.45, 2.75) is 31.5 Å². The summed E-state index contributed by atoms with van der Waals surface area (Å²) in [6.45, 7) is 3.11. The normalized spacial score (nSPS) is 23.4. The molecule has 1 amide bonds. The number of carbonyl (C=O) groups is 1. The molecule has 0 spiro atoms. The van der Waals surface area contributed by atoms with Crippen LogP contribution >= 0.6 is 0 Å². The molecule has 0 saturated carbocycles. The summed E-state index contributed by atoms with van der Waals surface area (Å²) in [4.78, 5) is 16.5. The number of anilines is 1. The molecule has 2 aliphatic rings. The van der Waals surface area contributed by atoms with Crippen LogP contribution in [0.25, 0.3) is 0 Å². The SMILES string of the molecule is COC1CCN(C[C@H]2CCN(c3ccc(C(F)(F)F)cc3)C2=O)CC1. The third-order valence-corrected chi connectivity index (χ3v) is 5.17. The summed E-state index contributed by atoms with van der Waals surface area (Å²) in [6.07, 6.45) is -1.37. The zero-order valence-corrected chi connectivity index (χ0v) is 14.3. The first-order valence-electron chi connectivity index (χ1n) is 8.62. The van der Waals surface area contributed by atoms with E-state index in [0.29, 0.717) is 24.9 Å². The van der Waals surface area contributed by atoms with Gasteiger partial charge in [0.25, 0.3) is 0 Å². The number of rotatable bonds is 4. The van der Waals surface area contributed by atoms with E-state index in [0.717, 1.165) is 44.5 Å². The molecule has 0 aromatic heterocycles. The summed E-state index contributed by atoms with van der Waals surface area (Å²) >= 11 is 0. The largest absolute Gasteiger partial charge is 0.416 e. The molecule has 0 N–H and O–H groups in total. The predicted molar refractivity (Wildman–Crippen MR) is 88.4 cm³/mol. The number of benzene rings is 1. The summed E-state index contributed by atoms with van der Waals surface area (Å²) in [7, 11) is 1.72. The Kier molecular flexibility index (Phi) is 5.34. The van der Waals surface area contributed by atoms with E-state index in [9.17, 15) is 18.0 Å². The van der Waals surface area contributed by atoms with Gasteiger partial charge in [0.15, 0.2) is 0 Å². The van der Waals surface area contributed by atoms with E-state index >= 15 is 0 Å². The molecule has 3 rings (SSSR count). The van der Waals surface area contributed by atoms with Gasteiger partial charge in [0.2, 0.25) is 5.91 Å². The van der Waals surface area contributed by atoms with Crippen molar-refractivity contribution in [3.05, 3.63) is 29.8 Å². The van der Waals surface area contributed by atoms with Gasteiger partial charge in [-0.05, 0) is 43.5 Å². The predicted octanol–water partition coefficient (Wildman–Crippen LogP) is 3.17. The smallest absolute Gasteiger partial charge is 0.381 e. The molecule has 4 nitrogen and oxygen atoms in total. The molecule has 138 valence electrons. The van der Waals surface area contributed by atoms with Crippen molar-refractivity contribution in [2.24, 2.45) is 5.92 Å². The first kappa shape index (κ1) is 18.2. The first-order chi connectivity index (χ1) is 11.9. The van der Waals surface area contributed by atoms with Crippen LogP contribution in [-0.2, 0) is 15.7 Å². The van der Waals surface area contributed by atoms with Crippen LogP contribution in [0, 0.1) is 5.92 Å². The monoisotopic (exact) mass is 356 g/mol. The van der Waals surface area contributed by atoms with E-state index in [1.807, 2.05) is 0 Å². The van der Waals surface area contributed by atoms with Crippen molar-refractivity contribution in [2.75, 3.05) is 38.2 Å². The molecule has 1 aromatic carbocycles. The highest BCUT2D eigenvalue weighted by Gasteiger charge is 2.35. The van der Waals surface area contributed by atoms with E-state index in [4.69, 9.17) is 4.74 Å². The Bertz CT molecular complexity index is 595. The first-order valence-corrected chi connectivity index (χ1v) is 8.62. The number of hydrogen-bond donors (Lipinski definition) is 0. The highest BCUT2D eigenvalue weighted by molar-refractivity contribution is 5.97. The van der Waals surface area contributed by atoms with Gasteiger partial charge in [-0.1, -0.05) is 0 Å². The Labute approximate surface area is 145 Å². The van der Waals surface area contributed by atoms with Gasteiger partial charge in [-0.25, -0.2) is 0 Å². The van der Waals surface area contributed by atoms with Crippen molar-refractivity contribution in [3.63, 3.8) is 0 Å². The number of hydrogen-bond acceptors (Lipinski definition) is 3. The highest BCUT2D eigenvalue weighted by Crippen LogP contribution is 2.32. The number of methoxy groups -OCH3 is 1. The quantitative estimate of drug-likeness (QED) is 0.831. The lowest BCUT2D eigenvalue weighted by molar-refractivity contribution is -0.137. The van der Waals surface area contributed by atoms with Gasteiger partial charge < -0.3 is 14.5 Å². The lowest BCUT2D eigenvalue weighted by Crippen LogP contribution is -2.41. The summed E-state index contributed by atoms with van der Waals surface area (Å²) in [5, 5.41) is 0. The van der Waals surface area contributed by atoms with Gasteiger partial charge in [0.1, 0.15) is 0 Å². The van der Waals surface area contributed by atoms with Crippen molar-refractivity contribution in [1.82, 2.24) is 4.90 Å². The minimum Gasteiger partial charge on any atom is -0.381 e. The maximum absolute atomic E-state index is 12.7. The Morgan fingerprint density at radius 3 is 2.28 bits per heavy atom. The zero-order valence-electron chi connectivity index (χ0n) is 14.3. The highest BCUT2D eigenvalue weighted by atomic mass is 19.4. The lowest BCUT2D eigenvalue weighted by atomic mass is 10.0. The second kappa shape index (κ2) is 7.33. The molecular formula is C18H23F3N2O2. The van der Waals surface area contributed by atoms with Crippen LogP contribution in [0.3, 0.4) is 0 Å². The second-order valence-corrected chi connectivity index (χ2v) is 6.76. The van der Waals surface area contributed by atoms with Gasteiger partial charge >= 0.3 is 6.18 Å². The molecule has 2 aliphatic heterocycles. The zero-order chi connectivity index (χ0) is 18.0. The molecule has 0 bridgehead atoms. The average Bonchev–Trinajstić information content (AvgIpc) is 2.96. The maximum atomic E-state index is 12.7. The van der Waals surface area contributed by atoms with Gasteiger partial charge in [0.05, 0.1) is 17.6 Å². The Morgan fingerprint density at radius 1 is 1.08 bits per heavy atom. The van der Waals surface area contributed by atoms with Crippen molar-refractivity contribution >= 4 is 11.6 Å². The number of piperidine rings is 1. The van der Waals surface area contributed by atoms with Gasteiger partial charge in [-0.15, -0.1) is 0 Å². The second-order valence-electron chi connectivity index (χ2n) is 6.76. The number of nitrogens with zero attached hydrogens (tertiary/aromatic N) is 2. The number of amides is 1. The molecule has 2 fully saturated rings. The number of carbonyl (C=O) groups excluding carboxylic acids is 1. The van der Waals surface area contributed by atoms with E-state index in [1.54, 1.807) is 12.0 Å². The number of halogens is 3. The Morgan fingerprint density at radius 2 is 1.72 bits per heavy atom. The molecule has 25 heavy (non-hydrogen) atoms. The fraction of sp³-hybridized carbons (Fsp3) is 0.611. The number of alkyl halides is 3. The molecule has 0 aliphatic carbocycles. The molecule has 1 atom stereocenters. The van der Waals surface area contributed by atoms with Crippen LogP contribution in [-0.4, -0.2) is 50.2 Å². The number of likely N-dealkylation sites (tertiary alicyclic amines) is 1. The van der Waals surface area contributed by atoms with E-state index in [1.165, 1.54) is 12.1 Å². The van der Waals surface area contributed by atoms with Crippen molar-refractivity contribution in [3.8, 4) is 0 Å². The van der Waals surface area contributed by atoms with Crippen LogP contribution in [0.15, 0.2) is 24.3 Å². The van der Waals surface area contributed by atoms with Gasteiger partial charge in [-0.2, -0.15) is 13.2 Å². The number of ether oxygens (including phenoxy) is 1. The van der Waals surface area contributed by atoms with Crippen LogP contribution < -0.4 is 4.90 Å². The maximum Gasteiger partial charge on any atom is 0.416 e. The topological polar surface area (TPSA) is 32.8 Å². The van der Waals surface area contributed by atoms with E-state index < -0.39 is 11.7 Å². The van der Waals surface area contributed by atoms with Gasteiger partial charge in [0, 0.05) is 39.0 Å². The van der Waals surface area contributed by atoms with E-state index in [2.05, 4.69) is 4.90 Å². The Balaban J connectivity index is 1.58. The molecule has 2 saturated heterocycles. The van der Waals surface area contributed by atoms with Crippen LogP contribution in [0.4, 0.5) is 18.9 Å².